The number of rotatable bonds is 20. The van der Waals surface area contributed by atoms with Gasteiger partial charge in [-0.25, -0.2) is 4.68 Å². The van der Waals surface area contributed by atoms with Crippen LogP contribution in [0.1, 0.15) is 68.0 Å². The summed E-state index contributed by atoms with van der Waals surface area (Å²) in [5, 5.41) is 45.1. The van der Waals surface area contributed by atoms with Crippen LogP contribution in [0.25, 0.3) is 11.3 Å². The maximum Gasteiger partial charge on any atom is 0.269 e. The number of allylic oxidation sites excluding steroid dienone is 1. The fourth-order valence-electron chi connectivity index (χ4n) is 9.01. The summed E-state index contributed by atoms with van der Waals surface area (Å²) in [5.74, 6) is -0.347. The van der Waals surface area contributed by atoms with E-state index >= 15 is 0 Å². The molecule has 1 aliphatic heterocycles. The predicted octanol–water partition coefficient (Wildman–Crippen LogP) is 8.12. The Kier molecular flexibility index (Phi) is 13.1. The Hall–Kier alpha value is -5.63. The first-order valence-corrected chi connectivity index (χ1v) is 20.1. The minimum absolute atomic E-state index is 0.00193. The van der Waals surface area contributed by atoms with Crippen molar-refractivity contribution in [2.75, 3.05) is 26.4 Å². The highest BCUT2D eigenvalue weighted by molar-refractivity contribution is 6.02. The minimum atomic E-state index is -1.32. The number of nitrogens with zero attached hydrogens (tertiary/aromatic N) is 5. The molecule has 4 aromatic rings. The molecule has 0 bridgehead atoms. The first-order chi connectivity index (χ1) is 28.4. The van der Waals surface area contributed by atoms with Crippen molar-refractivity contribution < 1.29 is 34.2 Å². The average Bonchev–Trinajstić information content (AvgIpc) is 3.74. The number of nitro groups is 1. The Morgan fingerprint density at radius 3 is 2.47 bits per heavy atom. The summed E-state index contributed by atoms with van der Waals surface area (Å²) in [6.45, 7) is 8.70. The lowest BCUT2D eigenvalue weighted by molar-refractivity contribution is -0.384. The summed E-state index contributed by atoms with van der Waals surface area (Å²) >= 11 is 0. The molecule has 6 atom stereocenters. The van der Waals surface area contributed by atoms with E-state index in [4.69, 9.17) is 29.4 Å². The Morgan fingerprint density at radius 1 is 0.983 bits per heavy atom. The van der Waals surface area contributed by atoms with Gasteiger partial charge in [-0.1, -0.05) is 78.3 Å². The fraction of sp³-hybridized carbons (Fsp3) is 0.400. The third-order valence-corrected chi connectivity index (χ3v) is 11.5. The van der Waals surface area contributed by atoms with Gasteiger partial charge in [-0.05, 0) is 79.0 Å². The number of hydrogen-bond acceptors (Lipinski definition) is 11. The summed E-state index contributed by atoms with van der Waals surface area (Å²) < 4.78 is 22.4. The van der Waals surface area contributed by atoms with E-state index < -0.39 is 22.7 Å². The molecule has 0 radical (unpaired) electrons. The molecule has 0 amide bonds. The van der Waals surface area contributed by atoms with Crippen molar-refractivity contribution in [3.63, 3.8) is 0 Å². The zero-order chi connectivity index (χ0) is 40.5. The van der Waals surface area contributed by atoms with Crippen molar-refractivity contribution in [1.29, 1.82) is 0 Å². The SMILES string of the molecule is C=CCOc1ccc2c(c1)[C@H]1[C@H](CCCCO)[C@@H](CCCCO)C=C3C(=NOCc4ccc([N+](=O)[O-])cc4)C[C@H](n4nncc4-c4ccccc4)[C@@](OCC=C)(O2)[C@H]31. The molecule has 2 N–H and O–H groups in total. The third kappa shape index (κ3) is 8.33. The number of hydrogen-bond donors (Lipinski definition) is 2. The van der Waals surface area contributed by atoms with Crippen LogP contribution in [0.4, 0.5) is 5.69 Å². The normalized spacial score (nSPS) is 23.9. The Labute approximate surface area is 338 Å². The molecule has 13 heteroatoms. The van der Waals surface area contributed by atoms with E-state index in [2.05, 4.69) is 30.4 Å². The zero-order valence-corrected chi connectivity index (χ0v) is 32.6. The Balaban J connectivity index is 1.43. The number of nitro benzene ring substituents is 1. The molecule has 2 heterocycles. The van der Waals surface area contributed by atoms with E-state index in [0.29, 0.717) is 43.1 Å². The molecule has 304 valence electrons. The number of unbranched alkanes of at least 4 members (excludes halogenated alkanes) is 2. The van der Waals surface area contributed by atoms with Gasteiger partial charge in [0, 0.05) is 48.8 Å². The highest BCUT2D eigenvalue weighted by Crippen LogP contribution is 2.63. The van der Waals surface area contributed by atoms with Crippen LogP contribution in [0.15, 0.2) is 121 Å². The Bertz CT molecular complexity index is 2100. The van der Waals surface area contributed by atoms with Crippen LogP contribution >= 0.6 is 0 Å². The maximum atomic E-state index is 11.3. The van der Waals surface area contributed by atoms with Crippen LogP contribution in [0, 0.1) is 27.9 Å². The van der Waals surface area contributed by atoms with Crippen LogP contribution in [0.3, 0.4) is 0 Å². The molecule has 1 aromatic heterocycles. The molecule has 13 nitrogen and oxygen atoms in total. The highest BCUT2D eigenvalue weighted by atomic mass is 16.7. The van der Waals surface area contributed by atoms with Gasteiger partial charge in [0.05, 0.1) is 35.1 Å². The van der Waals surface area contributed by atoms with E-state index in [1.54, 1.807) is 30.5 Å². The molecule has 0 spiro atoms. The highest BCUT2D eigenvalue weighted by Gasteiger charge is 2.65. The topological polar surface area (TPSA) is 164 Å². The van der Waals surface area contributed by atoms with Crippen LogP contribution in [0.5, 0.6) is 11.5 Å². The average molecular weight is 790 g/mol. The molecular weight excluding hydrogens is 739 g/mol. The number of benzene rings is 3. The fourth-order valence-corrected chi connectivity index (χ4v) is 9.01. The van der Waals surface area contributed by atoms with E-state index in [0.717, 1.165) is 53.6 Å². The second-order valence-corrected chi connectivity index (χ2v) is 15.0. The second-order valence-electron chi connectivity index (χ2n) is 15.0. The number of aliphatic hydroxyl groups excluding tert-OH is 2. The molecule has 58 heavy (non-hydrogen) atoms. The van der Waals surface area contributed by atoms with Gasteiger partial charge in [0.15, 0.2) is 0 Å². The number of non-ortho nitro benzene ring substituents is 1. The van der Waals surface area contributed by atoms with Crippen molar-refractivity contribution in [3.8, 4) is 22.8 Å². The molecule has 0 saturated heterocycles. The van der Waals surface area contributed by atoms with Gasteiger partial charge in [0.2, 0.25) is 5.79 Å². The number of fused-ring (bicyclic) bond motifs is 2. The summed E-state index contributed by atoms with van der Waals surface area (Å²) in [7, 11) is 0. The summed E-state index contributed by atoms with van der Waals surface area (Å²) in [6, 6.07) is 21.5. The van der Waals surface area contributed by atoms with Gasteiger partial charge in [0.25, 0.3) is 5.69 Å². The zero-order valence-electron chi connectivity index (χ0n) is 32.6. The molecule has 7 rings (SSSR count). The second kappa shape index (κ2) is 18.8. The Morgan fingerprint density at radius 2 is 1.74 bits per heavy atom. The monoisotopic (exact) mass is 789 g/mol. The lowest BCUT2D eigenvalue weighted by Gasteiger charge is -2.58. The quantitative estimate of drug-likeness (QED) is 0.0387. The van der Waals surface area contributed by atoms with Crippen LogP contribution < -0.4 is 9.47 Å². The first-order valence-electron chi connectivity index (χ1n) is 20.1. The van der Waals surface area contributed by atoms with Gasteiger partial charge in [-0.3, -0.25) is 10.1 Å². The van der Waals surface area contributed by atoms with Crippen LogP contribution in [-0.4, -0.2) is 68.1 Å². The van der Waals surface area contributed by atoms with E-state index in [9.17, 15) is 20.3 Å². The van der Waals surface area contributed by atoms with Crippen LogP contribution in [0.2, 0.25) is 0 Å². The van der Waals surface area contributed by atoms with Gasteiger partial charge < -0.3 is 29.3 Å². The first kappa shape index (κ1) is 40.6. The molecule has 1 fully saturated rings. The lowest BCUT2D eigenvalue weighted by Crippen LogP contribution is -2.63. The van der Waals surface area contributed by atoms with E-state index in [-0.39, 0.29) is 49.9 Å². The van der Waals surface area contributed by atoms with Crippen molar-refractivity contribution >= 4 is 11.4 Å². The van der Waals surface area contributed by atoms with E-state index in [1.165, 1.54) is 12.1 Å². The van der Waals surface area contributed by atoms with Crippen molar-refractivity contribution in [1.82, 2.24) is 15.0 Å². The van der Waals surface area contributed by atoms with Crippen molar-refractivity contribution in [2.24, 2.45) is 22.9 Å². The summed E-state index contributed by atoms with van der Waals surface area (Å²) in [6.07, 6.45) is 12.5. The smallest absolute Gasteiger partial charge is 0.269 e. The van der Waals surface area contributed by atoms with Gasteiger partial charge >= 0.3 is 0 Å². The number of ether oxygens (including phenoxy) is 3. The molecule has 0 unspecified atom stereocenters. The number of aliphatic hydroxyl groups is 2. The molecule has 3 aromatic carbocycles. The van der Waals surface area contributed by atoms with Gasteiger partial charge in [-0.2, -0.15) is 0 Å². The predicted molar refractivity (Wildman–Crippen MR) is 219 cm³/mol. The number of oxime groups is 1. The summed E-state index contributed by atoms with van der Waals surface area (Å²) in [5.41, 5.74) is 5.08. The third-order valence-electron chi connectivity index (χ3n) is 11.5. The maximum absolute atomic E-state index is 11.3. The standard InChI is InChI=1S/C45H51N5O8/c1-3-24-55-35-20-21-41-38(27-35)43-36(15-9-11-23-52)33(14-8-10-22-51)26-37-39(47-57-30-31-16-18-34(19-17-31)50(53)54)28-42(45(58-41,44(37)43)56-25-4-2)49-40(29-46-48-49)32-12-6-5-7-13-32/h3-7,12-13,16-21,26-27,29,33,36,42-44,51-52H,1-2,8-11,14-15,22-25,28,30H2/t33-,36+,42-,43+,44+,45+/m0/s1. The molecule has 1 saturated carbocycles. The largest absolute Gasteiger partial charge is 0.490 e. The summed E-state index contributed by atoms with van der Waals surface area (Å²) in [4.78, 5) is 17.0. The molecule has 2 aliphatic carbocycles. The molecular formula is C45H51N5O8. The van der Waals surface area contributed by atoms with Gasteiger partial charge in [-0.15, -0.1) is 11.7 Å². The van der Waals surface area contributed by atoms with Crippen molar-refractivity contribution in [3.05, 3.63) is 137 Å². The van der Waals surface area contributed by atoms with E-state index in [1.807, 2.05) is 47.1 Å². The molecule has 3 aliphatic rings. The van der Waals surface area contributed by atoms with Gasteiger partial charge in [0.1, 0.15) is 30.8 Å². The lowest BCUT2D eigenvalue weighted by atomic mass is 9.55. The van der Waals surface area contributed by atoms with Crippen molar-refractivity contribution in [2.45, 2.75) is 69.3 Å². The number of aromatic nitrogens is 3. The van der Waals surface area contributed by atoms with Crippen LogP contribution in [-0.2, 0) is 16.2 Å². The minimum Gasteiger partial charge on any atom is -0.490 e.